The first-order chi connectivity index (χ1) is 16.3. The Morgan fingerprint density at radius 2 is 1.65 bits per heavy atom. The standard InChI is InChI=1S/C26H21F2NO5/c1-2-13-34-19-10-5-16(6-11-19)24(31)22-23(15-3-8-18(30)9-4-15)29(26(33)25(22)32)17-7-12-20(27)21(28)14-17/h3-12,14,23,30-31H,2,13H2,1H3/b24-22+. The van der Waals surface area contributed by atoms with E-state index in [1.165, 1.54) is 30.3 Å². The van der Waals surface area contributed by atoms with Crippen LogP contribution >= 0.6 is 0 Å². The summed E-state index contributed by atoms with van der Waals surface area (Å²) in [4.78, 5) is 27.1. The van der Waals surface area contributed by atoms with Gasteiger partial charge in [-0.2, -0.15) is 0 Å². The number of anilines is 1. The minimum Gasteiger partial charge on any atom is -0.508 e. The molecule has 0 aliphatic carbocycles. The van der Waals surface area contributed by atoms with Crippen LogP contribution in [-0.2, 0) is 9.59 Å². The van der Waals surface area contributed by atoms with E-state index in [9.17, 15) is 28.6 Å². The highest BCUT2D eigenvalue weighted by atomic mass is 19.2. The average molecular weight is 465 g/mol. The van der Waals surface area contributed by atoms with Gasteiger partial charge in [0, 0.05) is 17.3 Å². The predicted octanol–water partition coefficient (Wildman–Crippen LogP) is 5.09. The Morgan fingerprint density at radius 3 is 2.26 bits per heavy atom. The number of phenols is 1. The van der Waals surface area contributed by atoms with Crippen LogP contribution in [0.15, 0.2) is 72.3 Å². The summed E-state index contributed by atoms with van der Waals surface area (Å²) in [6, 6.07) is 13.8. The van der Waals surface area contributed by atoms with Crippen molar-refractivity contribution in [3.8, 4) is 11.5 Å². The number of hydrogen-bond donors (Lipinski definition) is 2. The number of ketones is 1. The average Bonchev–Trinajstić information content (AvgIpc) is 3.10. The Kier molecular flexibility index (Phi) is 6.32. The number of amides is 1. The number of carbonyl (C=O) groups is 2. The molecule has 1 aliphatic rings. The van der Waals surface area contributed by atoms with Crippen molar-refractivity contribution in [3.63, 3.8) is 0 Å². The number of hydrogen-bond acceptors (Lipinski definition) is 5. The van der Waals surface area contributed by atoms with Gasteiger partial charge in [-0.25, -0.2) is 8.78 Å². The summed E-state index contributed by atoms with van der Waals surface area (Å²) in [6.45, 7) is 2.49. The maximum absolute atomic E-state index is 14.0. The second-order valence-corrected chi connectivity index (χ2v) is 7.73. The zero-order valence-corrected chi connectivity index (χ0v) is 18.2. The van der Waals surface area contributed by atoms with Gasteiger partial charge in [0.05, 0.1) is 18.2 Å². The molecule has 0 spiro atoms. The van der Waals surface area contributed by atoms with Gasteiger partial charge in [-0.1, -0.05) is 19.1 Å². The molecule has 1 fully saturated rings. The molecule has 3 aromatic rings. The molecule has 1 unspecified atom stereocenters. The summed E-state index contributed by atoms with van der Waals surface area (Å²) in [5, 5.41) is 20.8. The normalized spacial score (nSPS) is 17.3. The van der Waals surface area contributed by atoms with Crippen molar-refractivity contribution in [3.05, 3.63) is 95.1 Å². The lowest BCUT2D eigenvalue weighted by atomic mass is 9.95. The summed E-state index contributed by atoms with van der Waals surface area (Å²) in [5.74, 6) is -4.17. The summed E-state index contributed by atoms with van der Waals surface area (Å²) in [7, 11) is 0. The lowest BCUT2D eigenvalue weighted by Gasteiger charge is -2.25. The van der Waals surface area contributed by atoms with Gasteiger partial charge in [-0.05, 0) is 60.5 Å². The van der Waals surface area contributed by atoms with E-state index in [1.54, 1.807) is 24.3 Å². The van der Waals surface area contributed by atoms with Crippen LogP contribution in [0, 0.1) is 11.6 Å². The summed E-state index contributed by atoms with van der Waals surface area (Å²) in [5.41, 5.74) is 0.381. The van der Waals surface area contributed by atoms with E-state index in [1.807, 2.05) is 6.92 Å². The predicted molar refractivity (Wildman–Crippen MR) is 121 cm³/mol. The molecule has 1 heterocycles. The fraction of sp³-hybridized carbons (Fsp3) is 0.154. The number of aromatic hydroxyl groups is 1. The Balaban J connectivity index is 1.85. The van der Waals surface area contributed by atoms with E-state index in [2.05, 4.69) is 0 Å². The molecule has 34 heavy (non-hydrogen) atoms. The molecular weight excluding hydrogens is 444 g/mol. The molecule has 1 aliphatic heterocycles. The second kappa shape index (κ2) is 9.35. The molecule has 0 saturated carbocycles. The Labute approximate surface area is 194 Å². The molecule has 174 valence electrons. The number of rotatable bonds is 6. The number of halogens is 2. The van der Waals surface area contributed by atoms with E-state index in [-0.39, 0.29) is 22.6 Å². The van der Waals surface area contributed by atoms with Gasteiger partial charge < -0.3 is 14.9 Å². The maximum atomic E-state index is 14.0. The molecule has 1 amide bonds. The fourth-order valence-electron chi connectivity index (χ4n) is 3.79. The number of carbonyl (C=O) groups excluding carboxylic acids is 2. The quantitative estimate of drug-likeness (QED) is 0.301. The maximum Gasteiger partial charge on any atom is 0.300 e. The first kappa shape index (κ1) is 23.0. The molecule has 8 heteroatoms. The van der Waals surface area contributed by atoms with Crippen molar-refractivity contribution < 1.29 is 33.3 Å². The monoisotopic (exact) mass is 465 g/mol. The number of nitrogens with zero attached hydrogens (tertiary/aromatic N) is 1. The van der Waals surface area contributed by atoms with Crippen LogP contribution in [0.25, 0.3) is 5.76 Å². The van der Waals surface area contributed by atoms with Crippen molar-refractivity contribution in [2.24, 2.45) is 0 Å². The second-order valence-electron chi connectivity index (χ2n) is 7.73. The number of benzene rings is 3. The SMILES string of the molecule is CCCOc1ccc(/C(O)=C2\C(=O)C(=O)N(c3ccc(F)c(F)c3)C2c2ccc(O)cc2)cc1. The largest absolute Gasteiger partial charge is 0.508 e. The molecule has 0 bridgehead atoms. The van der Waals surface area contributed by atoms with Crippen molar-refractivity contribution in [2.45, 2.75) is 19.4 Å². The fourth-order valence-corrected chi connectivity index (χ4v) is 3.79. The first-order valence-electron chi connectivity index (χ1n) is 10.6. The molecule has 4 rings (SSSR count). The van der Waals surface area contributed by atoms with Crippen molar-refractivity contribution >= 4 is 23.1 Å². The molecule has 0 aromatic heterocycles. The highest BCUT2D eigenvalue weighted by Crippen LogP contribution is 2.42. The van der Waals surface area contributed by atoms with Gasteiger partial charge in [0.2, 0.25) is 0 Å². The van der Waals surface area contributed by atoms with Crippen LogP contribution < -0.4 is 9.64 Å². The van der Waals surface area contributed by atoms with Crippen LogP contribution in [-0.4, -0.2) is 28.5 Å². The molecule has 2 N–H and O–H groups in total. The minimum absolute atomic E-state index is 0.0452. The van der Waals surface area contributed by atoms with Crippen molar-refractivity contribution in [2.75, 3.05) is 11.5 Å². The lowest BCUT2D eigenvalue weighted by Crippen LogP contribution is -2.29. The van der Waals surface area contributed by atoms with Crippen LogP contribution in [0.3, 0.4) is 0 Å². The summed E-state index contributed by atoms with van der Waals surface area (Å²) < 4.78 is 33.0. The highest BCUT2D eigenvalue weighted by molar-refractivity contribution is 6.51. The lowest BCUT2D eigenvalue weighted by molar-refractivity contribution is -0.132. The Hall–Kier alpha value is -4.20. The van der Waals surface area contributed by atoms with Gasteiger partial charge >= 0.3 is 0 Å². The van der Waals surface area contributed by atoms with Gasteiger partial charge in [0.1, 0.15) is 17.3 Å². The number of Topliss-reactive ketones (excluding diaryl/α,β-unsaturated/α-hetero) is 1. The smallest absolute Gasteiger partial charge is 0.300 e. The molecule has 1 saturated heterocycles. The third-order valence-corrected chi connectivity index (χ3v) is 5.44. The molecule has 0 radical (unpaired) electrons. The minimum atomic E-state index is -1.19. The van der Waals surface area contributed by atoms with E-state index < -0.39 is 35.1 Å². The highest BCUT2D eigenvalue weighted by Gasteiger charge is 2.47. The van der Waals surface area contributed by atoms with E-state index in [0.29, 0.717) is 17.9 Å². The van der Waals surface area contributed by atoms with Crippen LogP contribution in [0.2, 0.25) is 0 Å². The number of aliphatic hydroxyl groups excluding tert-OH is 1. The number of phenolic OH excluding ortho intramolecular Hbond substituents is 1. The molecular formula is C26H21F2NO5. The van der Waals surface area contributed by atoms with Crippen LogP contribution in [0.4, 0.5) is 14.5 Å². The van der Waals surface area contributed by atoms with Crippen LogP contribution in [0.5, 0.6) is 11.5 Å². The Morgan fingerprint density at radius 1 is 0.971 bits per heavy atom. The number of aliphatic hydroxyl groups is 1. The summed E-state index contributed by atoms with van der Waals surface area (Å²) >= 11 is 0. The first-order valence-corrected chi connectivity index (χ1v) is 10.6. The van der Waals surface area contributed by atoms with Gasteiger partial charge in [-0.3, -0.25) is 14.5 Å². The zero-order chi connectivity index (χ0) is 24.4. The summed E-state index contributed by atoms with van der Waals surface area (Å²) in [6.07, 6.45) is 0.821. The topological polar surface area (TPSA) is 87.1 Å². The molecule has 1 atom stereocenters. The van der Waals surface area contributed by atoms with Gasteiger partial charge in [-0.15, -0.1) is 0 Å². The third-order valence-electron chi connectivity index (χ3n) is 5.44. The van der Waals surface area contributed by atoms with Gasteiger partial charge in [0.15, 0.2) is 11.6 Å². The molecule has 3 aromatic carbocycles. The van der Waals surface area contributed by atoms with E-state index in [0.717, 1.165) is 23.5 Å². The van der Waals surface area contributed by atoms with Gasteiger partial charge in [0.25, 0.3) is 11.7 Å². The van der Waals surface area contributed by atoms with Crippen LogP contribution in [0.1, 0.15) is 30.5 Å². The number of ether oxygens (including phenoxy) is 1. The Bertz CT molecular complexity index is 1270. The zero-order valence-electron chi connectivity index (χ0n) is 18.2. The van der Waals surface area contributed by atoms with E-state index in [4.69, 9.17) is 4.74 Å². The van der Waals surface area contributed by atoms with Crippen molar-refractivity contribution in [1.82, 2.24) is 0 Å². The molecule has 6 nitrogen and oxygen atoms in total. The third kappa shape index (κ3) is 4.22. The van der Waals surface area contributed by atoms with E-state index >= 15 is 0 Å². The van der Waals surface area contributed by atoms with Crippen molar-refractivity contribution in [1.29, 1.82) is 0 Å².